The van der Waals surface area contributed by atoms with Gasteiger partial charge in [-0.2, -0.15) is 0 Å². The number of alkyl halides is 1. The number of benzene rings is 1. The van der Waals surface area contributed by atoms with E-state index in [2.05, 4.69) is 21.2 Å². The minimum atomic E-state index is -0.191. The van der Waals surface area contributed by atoms with Gasteiger partial charge in [0.1, 0.15) is 0 Å². The van der Waals surface area contributed by atoms with Gasteiger partial charge >= 0.3 is 0 Å². The fourth-order valence-electron chi connectivity index (χ4n) is 5.65. The van der Waals surface area contributed by atoms with Crippen LogP contribution < -0.4 is 14.8 Å². The maximum atomic E-state index is 13.1. The van der Waals surface area contributed by atoms with Gasteiger partial charge in [0.15, 0.2) is 11.5 Å². The van der Waals surface area contributed by atoms with Crippen LogP contribution in [0.1, 0.15) is 38.5 Å². The smallest absolute Gasteiger partial charge is 0.231 e. The van der Waals surface area contributed by atoms with Crippen LogP contribution in [0.4, 0.5) is 5.69 Å². The van der Waals surface area contributed by atoms with E-state index in [0.29, 0.717) is 17.6 Å². The maximum absolute atomic E-state index is 13.1. The van der Waals surface area contributed by atoms with Crippen molar-refractivity contribution >= 4 is 27.5 Å². The Hall–Kier alpha value is -1.23. The highest BCUT2D eigenvalue weighted by atomic mass is 79.9. The number of carbonyl (C=O) groups excluding carboxylic acids is 1. The second kappa shape index (κ2) is 4.65. The van der Waals surface area contributed by atoms with E-state index in [1.807, 2.05) is 18.2 Å². The van der Waals surface area contributed by atoms with Gasteiger partial charge in [-0.25, -0.2) is 0 Å². The summed E-state index contributed by atoms with van der Waals surface area (Å²) in [5, 5.41) is 3.15. The van der Waals surface area contributed by atoms with E-state index in [4.69, 9.17) is 9.47 Å². The Morgan fingerprint density at radius 3 is 2.61 bits per heavy atom. The standard InChI is InChI=1S/C18H20BrNO3/c19-18-7-11-3-12(8-18)6-17(5-11,9-18)16(21)20-13-1-2-14-15(4-13)23-10-22-14/h1-2,4,11-12H,3,5-10H2,(H,20,21). The lowest BCUT2D eigenvalue weighted by Crippen LogP contribution is -2.57. The minimum absolute atomic E-state index is 0.189. The number of hydrogen-bond donors (Lipinski definition) is 1. The van der Waals surface area contributed by atoms with E-state index in [0.717, 1.165) is 30.7 Å². The molecule has 0 aromatic heterocycles. The van der Waals surface area contributed by atoms with E-state index in [1.54, 1.807) is 0 Å². The van der Waals surface area contributed by atoms with Gasteiger partial charge in [0.2, 0.25) is 12.7 Å². The van der Waals surface area contributed by atoms with Crippen LogP contribution in [0.25, 0.3) is 0 Å². The average molecular weight is 378 g/mol. The molecule has 4 aliphatic carbocycles. The van der Waals surface area contributed by atoms with Crippen LogP contribution in [0.5, 0.6) is 11.5 Å². The van der Waals surface area contributed by atoms with Gasteiger partial charge in [-0.3, -0.25) is 4.79 Å². The molecule has 2 unspecified atom stereocenters. The van der Waals surface area contributed by atoms with Crippen LogP contribution in [-0.4, -0.2) is 17.0 Å². The summed E-state index contributed by atoms with van der Waals surface area (Å²) in [5.74, 6) is 3.06. The molecule has 1 N–H and O–H groups in total. The summed E-state index contributed by atoms with van der Waals surface area (Å²) in [4.78, 5) is 13.1. The van der Waals surface area contributed by atoms with Crippen LogP contribution in [0.3, 0.4) is 0 Å². The van der Waals surface area contributed by atoms with E-state index in [9.17, 15) is 4.79 Å². The Morgan fingerprint density at radius 2 is 1.87 bits per heavy atom. The molecule has 122 valence electrons. The number of amides is 1. The molecule has 5 aliphatic rings. The number of halogens is 1. The molecule has 4 bridgehead atoms. The molecule has 1 heterocycles. The molecule has 1 aromatic carbocycles. The Morgan fingerprint density at radius 1 is 1.13 bits per heavy atom. The Balaban J connectivity index is 1.40. The van der Waals surface area contributed by atoms with Crippen LogP contribution >= 0.6 is 15.9 Å². The molecule has 1 aromatic rings. The molecular weight excluding hydrogens is 358 g/mol. The van der Waals surface area contributed by atoms with Crippen LogP contribution in [-0.2, 0) is 4.79 Å². The first-order chi connectivity index (χ1) is 11.0. The van der Waals surface area contributed by atoms with Crippen molar-refractivity contribution in [2.45, 2.75) is 42.8 Å². The number of anilines is 1. The second-order valence-electron chi connectivity index (χ2n) is 7.91. The highest BCUT2D eigenvalue weighted by molar-refractivity contribution is 9.10. The molecule has 5 heteroatoms. The zero-order valence-electron chi connectivity index (χ0n) is 12.9. The molecule has 2 atom stereocenters. The molecule has 0 radical (unpaired) electrons. The normalized spacial score (nSPS) is 39.5. The molecule has 4 nitrogen and oxygen atoms in total. The number of nitrogens with one attached hydrogen (secondary N) is 1. The predicted octanol–water partition coefficient (Wildman–Crippen LogP) is 4.09. The summed E-state index contributed by atoms with van der Waals surface area (Å²) >= 11 is 3.97. The third kappa shape index (κ3) is 2.19. The highest BCUT2D eigenvalue weighted by Crippen LogP contribution is 2.64. The highest BCUT2D eigenvalue weighted by Gasteiger charge is 2.59. The van der Waals surface area contributed by atoms with E-state index < -0.39 is 0 Å². The van der Waals surface area contributed by atoms with Crippen LogP contribution in [0.15, 0.2) is 18.2 Å². The Labute approximate surface area is 144 Å². The SMILES string of the molecule is O=C(Nc1ccc2c(c1)OCO2)C12CC3CC(CC(Br)(C3)C1)C2. The maximum Gasteiger partial charge on any atom is 0.231 e. The topological polar surface area (TPSA) is 47.6 Å². The largest absolute Gasteiger partial charge is 0.454 e. The number of hydrogen-bond acceptors (Lipinski definition) is 3. The predicted molar refractivity (Wildman–Crippen MR) is 90.0 cm³/mol. The Bertz CT molecular complexity index is 675. The third-order valence-electron chi connectivity index (χ3n) is 6.10. The molecule has 4 saturated carbocycles. The van der Waals surface area contributed by atoms with Crippen molar-refractivity contribution in [1.29, 1.82) is 0 Å². The van der Waals surface area contributed by atoms with Gasteiger partial charge in [0.25, 0.3) is 0 Å². The van der Waals surface area contributed by atoms with E-state index in [1.165, 1.54) is 19.3 Å². The van der Waals surface area contributed by atoms with Gasteiger partial charge in [-0.05, 0) is 62.5 Å². The van der Waals surface area contributed by atoms with E-state index in [-0.39, 0.29) is 22.4 Å². The van der Waals surface area contributed by atoms with Gasteiger partial charge in [-0.15, -0.1) is 0 Å². The third-order valence-corrected chi connectivity index (χ3v) is 7.03. The molecule has 1 amide bonds. The monoisotopic (exact) mass is 377 g/mol. The lowest BCUT2D eigenvalue weighted by Gasteiger charge is -2.59. The van der Waals surface area contributed by atoms with Crippen molar-refractivity contribution in [2.75, 3.05) is 12.1 Å². The molecular formula is C18H20BrNO3. The van der Waals surface area contributed by atoms with Gasteiger partial charge < -0.3 is 14.8 Å². The number of carbonyl (C=O) groups is 1. The van der Waals surface area contributed by atoms with Gasteiger partial charge in [-0.1, -0.05) is 15.9 Å². The number of fused-ring (bicyclic) bond motifs is 1. The first-order valence-electron chi connectivity index (χ1n) is 8.44. The second-order valence-corrected chi connectivity index (χ2v) is 9.60. The van der Waals surface area contributed by atoms with Crippen molar-refractivity contribution in [3.63, 3.8) is 0 Å². The molecule has 0 saturated heterocycles. The average Bonchev–Trinajstić information content (AvgIpc) is 2.92. The summed E-state index contributed by atoms with van der Waals surface area (Å²) in [5.41, 5.74) is 0.614. The minimum Gasteiger partial charge on any atom is -0.454 e. The van der Waals surface area contributed by atoms with Gasteiger partial charge in [0.05, 0.1) is 5.41 Å². The van der Waals surface area contributed by atoms with Gasteiger partial charge in [0, 0.05) is 16.1 Å². The summed E-state index contributed by atoms with van der Waals surface area (Å²) in [7, 11) is 0. The molecule has 23 heavy (non-hydrogen) atoms. The van der Waals surface area contributed by atoms with Crippen molar-refractivity contribution in [3.05, 3.63) is 18.2 Å². The van der Waals surface area contributed by atoms with Crippen molar-refractivity contribution in [3.8, 4) is 11.5 Å². The lowest BCUT2D eigenvalue weighted by atomic mass is 9.49. The fraction of sp³-hybridized carbons (Fsp3) is 0.611. The first-order valence-corrected chi connectivity index (χ1v) is 9.23. The zero-order valence-corrected chi connectivity index (χ0v) is 14.5. The first kappa shape index (κ1) is 14.1. The van der Waals surface area contributed by atoms with Crippen LogP contribution in [0.2, 0.25) is 0 Å². The summed E-state index contributed by atoms with van der Waals surface area (Å²) in [6, 6.07) is 5.63. The number of rotatable bonds is 2. The molecule has 6 rings (SSSR count). The lowest BCUT2D eigenvalue weighted by molar-refractivity contribution is -0.138. The summed E-state index contributed by atoms with van der Waals surface area (Å²) in [6.45, 7) is 0.256. The van der Waals surface area contributed by atoms with Crippen molar-refractivity contribution in [1.82, 2.24) is 0 Å². The van der Waals surface area contributed by atoms with E-state index >= 15 is 0 Å². The van der Waals surface area contributed by atoms with Crippen LogP contribution in [0, 0.1) is 17.3 Å². The number of ether oxygens (including phenoxy) is 2. The zero-order chi connectivity index (χ0) is 15.7. The summed E-state index contributed by atoms with van der Waals surface area (Å²) in [6.07, 6.45) is 6.86. The molecule has 4 fully saturated rings. The van der Waals surface area contributed by atoms with Crippen molar-refractivity contribution < 1.29 is 14.3 Å². The van der Waals surface area contributed by atoms with Crippen molar-refractivity contribution in [2.24, 2.45) is 17.3 Å². The Kier molecular flexibility index (Phi) is 2.86. The quantitative estimate of drug-likeness (QED) is 0.789. The summed E-state index contributed by atoms with van der Waals surface area (Å²) < 4.78 is 10.9. The fourth-order valence-corrected chi connectivity index (χ4v) is 7.11. The molecule has 0 spiro atoms. The molecule has 1 aliphatic heterocycles.